The Bertz CT molecular complexity index is 1750. The maximum absolute atomic E-state index is 5.31. The molecule has 0 bridgehead atoms. The Morgan fingerprint density at radius 2 is 1.17 bits per heavy atom. The maximum atomic E-state index is 5.31. The number of methoxy groups -OCH3 is 1. The molecule has 2 nitrogen and oxygen atoms in total. The van der Waals surface area contributed by atoms with E-state index < -0.39 is 0 Å². The van der Waals surface area contributed by atoms with Gasteiger partial charge in [-0.25, -0.2) is 4.98 Å². The highest BCUT2D eigenvalue weighted by Gasteiger charge is 2.20. The predicted octanol–water partition coefficient (Wildman–Crippen LogP) is 8.30. The molecule has 0 unspecified atom stereocenters. The Morgan fingerprint density at radius 1 is 0.571 bits per heavy atom. The van der Waals surface area contributed by atoms with Gasteiger partial charge in [0.25, 0.3) is 0 Å². The molecule has 5 aromatic carbocycles. The van der Waals surface area contributed by atoms with Gasteiger partial charge in [-0.15, -0.1) is 0 Å². The molecule has 6 aromatic rings. The van der Waals surface area contributed by atoms with Crippen molar-refractivity contribution in [3.63, 3.8) is 0 Å². The number of pyridine rings is 1. The molecule has 35 heavy (non-hydrogen) atoms. The number of ether oxygens (including phenoxy) is 1. The normalized spacial score (nSPS) is 12.0. The van der Waals surface area contributed by atoms with Gasteiger partial charge < -0.3 is 4.74 Å². The molecule has 1 heterocycles. The monoisotopic (exact) mass is 449 g/mol. The summed E-state index contributed by atoms with van der Waals surface area (Å²) >= 11 is 0. The number of para-hydroxylation sites is 1. The third-order valence-electron chi connectivity index (χ3n) is 7.19. The highest BCUT2D eigenvalue weighted by Crippen LogP contribution is 2.41. The summed E-state index contributed by atoms with van der Waals surface area (Å²) in [7, 11) is 1.70. The highest BCUT2D eigenvalue weighted by molar-refractivity contribution is 6.10. The Balaban J connectivity index is 1.31. The summed E-state index contributed by atoms with van der Waals surface area (Å²) in [6, 6.07) is 39.0. The third kappa shape index (κ3) is 3.22. The number of hydrogen-bond acceptors (Lipinski definition) is 2. The number of benzene rings is 5. The first-order valence-electron chi connectivity index (χ1n) is 12.0. The minimum Gasteiger partial charge on any atom is -0.497 e. The van der Waals surface area contributed by atoms with E-state index in [-0.39, 0.29) is 0 Å². The molecule has 0 atom stereocenters. The van der Waals surface area contributed by atoms with Crippen molar-refractivity contribution in [2.45, 2.75) is 6.42 Å². The molecular weight excluding hydrogens is 426 g/mol. The summed E-state index contributed by atoms with van der Waals surface area (Å²) < 4.78 is 5.31. The quantitative estimate of drug-likeness (QED) is 0.253. The van der Waals surface area contributed by atoms with Gasteiger partial charge in [0, 0.05) is 16.3 Å². The van der Waals surface area contributed by atoms with E-state index >= 15 is 0 Å². The predicted molar refractivity (Wildman–Crippen MR) is 145 cm³/mol. The Hall–Kier alpha value is -4.43. The second-order valence-corrected chi connectivity index (χ2v) is 9.17. The number of aromatic nitrogens is 1. The van der Waals surface area contributed by atoms with Crippen molar-refractivity contribution in [3.05, 3.63) is 120 Å². The number of rotatable bonds is 3. The molecule has 7 rings (SSSR count). The molecular formula is C33H23NO. The number of nitrogens with zero attached hydrogens (tertiary/aromatic N) is 1. The van der Waals surface area contributed by atoms with E-state index in [1.807, 2.05) is 12.1 Å². The molecule has 0 saturated carbocycles. The van der Waals surface area contributed by atoms with E-state index in [4.69, 9.17) is 9.72 Å². The standard InChI is InChI=1S/C33H23NO/c1-35-26-14-10-21(11-15-26)22-12-16-27-24(18-22)20-25-19-23(13-17-28(25)27)33-31-8-3-2-6-29(31)30-7-4-5-9-32(30)34-33/h2-19H,20H2,1H3. The third-order valence-corrected chi connectivity index (χ3v) is 7.19. The van der Waals surface area contributed by atoms with Crippen LogP contribution in [0.25, 0.3) is 55.2 Å². The lowest BCUT2D eigenvalue weighted by Crippen LogP contribution is -1.91. The largest absolute Gasteiger partial charge is 0.497 e. The van der Waals surface area contributed by atoms with E-state index in [2.05, 4.69) is 97.1 Å². The lowest BCUT2D eigenvalue weighted by Gasteiger charge is -2.11. The second-order valence-electron chi connectivity index (χ2n) is 9.17. The van der Waals surface area contributed by atoms with Crippen LogP contribution in [0.4, 0.5) is 0 Å². The van der Waals surface area contributed by atoms with Gasteiger partial charge in [-0.2, -0.15) is 0 Å². The van der Waals surface area contributed by atoms with Crippen molar-refractivity contribution in [2.24, 2.45) is 0 Å². The van der Waals surface area contributed by atoms with E-state index in [1.165, 1.54) is 55.1 Å². The van der Waals surface area contributed by atoms with Gasteiger partial charge in [0.2, 0.25) is 0 Å². The first kappa shape index (κ1) is 20.0. The summed E-state index contributed by atoms with van der Waals surface area (Å²) in [6.45, 7) is 0. The molecule has 0 N–H and O–H groups in total. The molecule has 1 aliphatic carbocycles. The molecule has 0 saturated heterocycles. The summed E-state index contributed by atoms with van der Waals surface area (Å²) in [5.41, 5.74) is 11.1. The lowest BCUT2D eigenvalue weighted by atomic mass is 9.97. The van der Waals surface area contributed by atoms with Crippen molar-refractivity contribution in [1.29, 1.82) is 0 Å². The molecule has 0 radical (unpaired) electrons. The number of hydrogen-bond donors (Lipinski definition) is 0. The topological polar surface area (TPSA) is 22.1 Å². The Kier molecular flexibility index (Phi) is 4.46. The van der Waals surface area contributed by atoms with Crippen LogP contribution in [0, 0.1) is 0 Å². The minimum atomic E-state index is 0.879. The van der Waals surface area contributed by atoms with Crippen LogP contribution in [0.3, 0.4) is 0 Å². The molecule has 0 amide bonds. The molecule has 1 aliphatic rings. The fraction of sp³-hybridized carbons (Fsp3) is 0.0606. The zero-order chi connectivity index (χ0) is 23.4. The highest BCUT2D eigenvalue weighted by atomic mass is 16.5. The smallest absolute Gasteiger partial charge is 0.118 e. The second kappa shape index (κ2) is 7.82. The fourth-order valence-electron chi connectivity index (χ4n) is 5.45. The van der Waals surface area contributed by atoms with Gasteiger partial charge >= 0.3 is 0 Å². The maximum Gasteiger partial charge on any atom is 0.118 e. The fourth-order valence-corrected chi connectivity index (χ4v) is 5.45. The van der Waals surface area contributed by atoms with Crippen molar-refractivity contribution in [1.82, 2.24) is 4.98 Å². The van der Waals surface area contributed by atoms with E-state index in [0.29, 0.717) is 0 Å². The average molecular weight is 450 g/mol. The van der Waals surface area contributed by atoms with Crippen LogP contribution in [0.2, 0.25) is 0 Å². The molecule has 0 aliphatic heterocycles. The van der Waals surface area contributed by atoms with Crippen molar-refractivity contribution in [2.75, 3.05) is 7.11 Å². The lowest BCUT2D eigenvalue weighted by molar-refractivity contribution is 0.415. The zero-order valence-electron chi connectivity index (χ0n) is 19.5. The van der Waals surface area contributed by atoms with Crippen LogP contribution in [0.5, 0.6) is 5.75 Å². The first-order chi connectivity index (χ1) is 17.3. The van der Waals surface area contributed by atoms with Gasteiger partial charge in [-0.1, -0.05) is 84.9 Å². The molecule has 2 heteroatoms. The van der Waals surface area contributed by atoms with Crippen LogP contribution in [-0.4, -0.2) is 12.1 Å². The van der Waals surface area contributed by atoms with E-state index in [1.54, 1.807) is 7.11 Å². The van der Waals surface area contributed by atoms with Crippen LogP contribution in [0.15, 0.2) is 109 Å². The van der Waals surface area contributed by atoms with Crippen molar-refractivity contribution < 1.29 is 4.74 Å². The van der Waals surface area contributed by atoms with Gasteiger partial charge in [-0.05, 0) is 69.5 Å². The molecule has 1 aromatic heterocycles. The minimum absolute atomic E-state index is 0.879. The molecule has 0 fully saturated rings. The first-order valence-corrected chi connectivity index (χ1v) is 12.0. The average Bonchev–Trinajstić information content (AvgIpc) is 3.29. The summed E-state index contributed by atoms with van der Waals surface area (Å²) in [5.74, 6) is 0.879. The Morgan fingerprint density at radius 3 is 1.91 bits per heavy atom. The van der Waals surface area contributed by atoms with Crippen molar-refractivity contribution >= 4 is 21.7 Å². The summed E-state index contributed by atoms with van der Waals surface area (Å²) in [5, 5.41) is 3.65. The molecule has 166 valence electrons. The number of fused-ring (bicyclic) bond motifs is 6. The van der Waals surface area contributed by atoms with Gasteiger partial charge in [0.15, 0.2) is 0 Å². The van der Waals surface area contributed by atoms with Gasteiger partial charge in [0.05, 0.1) is 18.3 Å². The summed E-state index contributed by atoms with van der Waals surface area (Å²) in [4.78, 5) is 5.11. The van der Waals surface area contributed by atoms with Crippen LogP contribution >= 0.6 is 0 Å². The van der Waals surface area contributed by atoms with Gasteiger partial charge in [0.1, 0.15) is 5.75 Å². The van der Waals surface area contributed by atoms with E-state index in [9.17, 15) is 0 Å². The van der Waals surface area contributed by atoms with Crippen LogP contribution in [0.1, 0.15) is 11.1 Å². The van der Waals surface area contributed by atoms with Crippen LogP contribution in [-0.2, 0) is 6.42 Å². The Labute approximate surface area is 204 Å². The van der Waals surface area contributed by atoms with Crippen LogP contribution < -0.4 is 4.74 Å². The zero-order valence-corrected chi connectivity index (χ0v) is 19.5. The van der Waals surface area contributed by atoms with E-state index in [0.717, 1.165) is 23.4 Å². The van der Waals surface area contributed by atoms with Gasteiger partial charge in [-0.3, -0.25) is 0 Å². The SMILES string of the molecule is COc1ccc(-c2ccc3c(c2)Cc2cc(-c4nc5ccccc5c5ccccc45)ccc2-3)cc1. The summed E-state index contributed by atoms with van der Waals surface area (Å²) in [6.07, 6.45) is 0.939. The molecule has 0 spiro atoms. The van der Waals surface area contributed by atoms with Crippen molar-refractivity contribution in [3.8, 4) is 39.3 Å².